The summed E-state index contributed by atoms with van der Waals surface area (Å²) in [6.45, 7) is 9.21. The predicted molar refractivity (Wildman–Crippen MR) is 95.8 cm³/mol. The van der Waals surface area contributed by atoms with Gasteiger partial charge in [0, 0.05) is 6.04 Å². The first-order valence-electron chi connectivity index (χ1n) is 8.39. The molecule has 1 unspecified atom stereocenters. The van der Waals surface area contributed by atoms with Crippen LogP contribution in [0.3, 0.4) is 0 Å². The predicted octanol–water partition coefficient (Wildman–Crippen LogP) is 2.81. The molecule has 1 atom stereocenters. The van der Waals surface area contributed by atoms with Crippen molar-refractivity contribution < 1.29 is 14.3 Å². The molecule has 1 aromatic heterocycles. The summed E-state index contributed by atoms with van der Waals surface area (Å²) in [5, 5.41) is 7.22. The molecule has 2 aromatic rings. The molecule has 0 spiro atoms. The van der Waals surface area contributed by atoms with E-state index in [1.54, 1.807) is 11.6 Å². The van der Waals surface area contributed by atoms with Crippen LogP contribution in [0.2, 0.25) is 0 Å². The van der Waals surface area contributed by atoms with Crippen LogP contribution in [0.4, 0.5) is 0 Å². The number of ether oxygens (including phenoxy) is 1. The third-order valence-corrected chi connectivity index (χ3v) is 4.22. The lowest BCUT2D eigenvalue weighted by atomic mass is 10.1. The number of benzene rings is 1. The van der Waals surface area contributed by atoms with Crippen LogP contribution in [-0.4, -0.2) is 34.3 Å². The van der Waals surface area contributed by atoms with Crippen molar-refractivity contribution in [3.05, 3.63) is 47.3 Å². The molecule has 6 heteroatoms. The Kier molecular flexibility index (Phi) is 5.96. The summed E-state index contributed by atoms with van der Waals surface area (Å²) < 4.78 is 6.88. The van der Waals surface area contributed by atoms with Crippen molar-refractivity contribution in [1.29, 1.82) is 0 Å². The van der Waals surface area contributed by atoms with Crippen molar-refractivity contribution >= 4 is 11.9 Å². The Morgan fingerprint density at radius 2 is 1.80 bits per heavy atom. The van der Waals surface area contributed by atoms with E-state index in [0.717, 1.165) is 5.69 Å². The second kappa shape index (κ2) is 7.96. The van der Waals surface area contributed by atoms with Gasteiger partial charge in [0.2, 0.25) is 0 Å². The van der Waals surface area contributed by atoms with Crippen LogP contribution in [0.15, 0.2) is 30.3 Å². The number of carbonyl (C=O) groups is 2. The molecule has 0 aliphatic carbocycles. The number of amides is 1. The smallest absolute Gasteiger partial charge is 0.342 e. The third-order valence-electron chi connectivity index (χ3n) is 4.22. The van der Waals surface area contributed by atoms with Gasteiger partial charge in [0.05, 0.1) is 17.1 Å². The maximum absolute atomic E-state index is 12.4. The summed E-state index contributed by atoms with van der Waals surface area (Å²) in [7, 11) is 0. The van der Waals surface area contributed by atoms with E-state index in [1.165, 1.54) is 0 Å². The van der Waals surface area contributed by atoms with Crippen molar-refractivity contribution in [1.82, 2.24) is 15.1 Å². The molecule has 1 N–H and O–H groups in total. The van der Waals surface area contributed by atoms with Gasteiger partial charge in [0.1, 0.15) is 5.56 Å². The van der Waals surface area contributed by atoms with Crippen LogP contribution in [0, 0.1) is 19.8 Å². The van der Waals surface area contributed by atoms with Crippen LogP contribution in [0.5, 0.6) is 0 Å². The summed E-state index contributed by atoms with van der Waals surface area (Å²) in [6.07, 6.45) is 0. The van der Waals surface area contributed by atoms with Gasteiger partial charge in [-0.1, -0.05) is 32.0 Å². The highest BCUT2D eigenvalue weighted by atomic mass is 16.5. The maximum Gasteiger partial charge on any atom is 0.342 e. The number of para-hydroxylation sites is 1. The van der Waals surface area contributed by atoms with Crippen molar-refractivity contribution in [2.45, 2.75) is 40.7 Å². The van der Waals surface area contributed by atoms with E-state index in [0.29, 0.717) is 22.9 Å². The van der Waals surface area contributed by atoms with E-state index in [1.807, 2.05) is 58.0 Å². The molecule has 1 amide bonds. The number of hydrogen-bond acceptors (Lipinski definition) is 4. The average molecular weight is 343 g/mol. The molecule has 0 saturated heterocycles. The highest BCUT2D eigenvalue weighted by molar-refractivity contribution is 5.93. The van der Waals surface area contributed by atoms with Gasteiger partial charge in [-0.3, -0.25) is 4.79 Å². The Labute approximate surface area is 148 Å². The summed E-state index contributed by atoms with van der Waals surface area (Å²) in [4.78, 5) is 24.3. The first-order chi connectivity index (χ1) is 11.8. The zero-order valence-corrected chi connectivity index (χ0v) is 15.4. The van der Waals surface area contributed by atoms with E-state index in [4.69, 9.17) is 4.74 Å². The summed E-state index contributed by atoms with van der Waals surface area (Å²) in [6, 6.07) is 9.58. The quantitative estimate of drug-likeness (QED) is 0.819. The SMILES string of the molecule is Cc1nn(-c2ccccc2)c(C)c1C(=O)OCC(=O)NC(C)C(C)C. The minimum Gasteiger partial charge on any atom is -0.452 e. The molecule has 0 saturated carbocycles. The highest BCUT2D eigenvalue weighted by Gasteiger charge is 2.22. The van der Waals surface area contributed by atoms with Gasteiger partial charge in [-0.25, -0.2) is 9.48 Å². The van der Waals surface area contributed by atoms with Crippen molar-refractivity contribution in [2.24, 2.45) is 5.92 Å². The summed E-state index contributed by atoms with van der Waals surface area (Å²) in [5.74, 6) is -0.530. The Morgan fingerprint density at radius 3 is 2.40 bits per heavy atom. The molecular formula is C19H25N3O3. The van der Waals surface area contributed by atoms with Gasteiger partial charge in [0.15, 0.2) is 6.61 Å². The number of rotatable bonds is 6. The molecule has 6 nitrogen and oxygen atoms in total. The highest BCUT2D eigenvalue weighted by Crippen LogP contribution is 2.18. The fourth-order valence-corrected chi connectivity index (χ4v) is 2.42. The second-order valence-electron chi connectivity index (χ2n) is 6.47. The van der Waals surface area contributed by atoms with Crippen LogP contribution < -0.4 is 5.32 Å². The molecule has 2 rings (SSSR count). The van der Waals surface area contributed by atoms with Gasteiger partial charge in [-0.15, -0.1) is 0 Å². The minimum atomic E-state index is -0.537. The molecule has 0 aliphatic heterocycles. The van der Waals surface area contributed by atoms with Crippen LogP contribution >= 0.6 is 0 Å². The van der Waals surface area contributed by atoms with Gasteiger partial charge < -0.3 is 10.1 Å². The molecule has 1 aromatic carbocycles. The number of aromatic nitrogens is 2. The summed E-state index contributed by atoms with van der Waals surface area (Å²) >= 11 is 0. The summed E-state index contributed by atoms with van der Waals surface area (Å²) in [5.41, 5.74) is 2.52. The third kappa shape index (κ3) is 4.47. The Balaban J connectivity index is 2.08. The maximum atomic E-state index is 12.4. The molecule has 0 aliphatic rings. The molecule has 0 fully saturated rings. The van der Waals surface area contributed by atoms with E-state index < -0.39 is 5.97 Å². The second-order valence-corrected chi connectivity index (χ2v) is 6.47. The Morgan fingerprint density at radius 1 is 1.16 bits per heavy atom. The average Bonchev–Trinajstić information content (AvgIpc) is 2.88. The van der Waals surface area contributed by atoms with E-state index in [-0.39, 0.29) is 18.6 Å². The molecule has 134 valence electrons. The number of nitrogens with one attached hydrogen (secondary N) is 1. The number of esters is 1. The van der Waals surface area contributed by atoms with Crippen molar-refractivity contribution in [2.75, 3.05) is 6.61 Å². The molecule has 25 heavy (non-hydrogen) atoms. The first kappa shape index (κ1) is 18.7. The van der Waals surface area contributed by atoms with Crippen LogP contribution in [-0.2, 0) is 9.53 Å². The number of aryl methyl sites for hydroxylation is 1. The van der Waals surface area contributed by atoms with Gasteiger partial charge in [-0.05, 0) is 38.8 Å². The zero-order valence-electron chi connectivity index (χ0n) is 15.4. The molecule has 0 bridgehead atoms. The lowest BCUT2D eigenvalue weighted by Crippen LogP contribution is -2.38. The lowest BCUT2D eigenvalue weighted by molar-refractivity contribution is -0.125. The fraction of sp³-hybridized carbons (Fsp3) is 0.421. The fourth-order valence-electron chi connectivity index (χ4n) is 2.42. The van der Waals surface area contributed by atoms with Gasteiger partial charge >= 0.3 is 5.97 Å². The zero-order chi connectivity index (χ0) is 18.6. The van der Waals surface area contributed by atoms with Gasteiger partial charge in [-0.2, -0.15) is 5.10 Å². The number of carbonyl (C=O) groups excluding carboxylic acids is 2. The van der Waals surface area contributed by atoms with Crippen LogP contribution in [0.25, 0.3) is 5.69 Å². The minimum absolute atomic E-state index is 0.0236. The Hall–Kier alpha value is -2.63. The lowest BCUT2D eigenvalue weighted by Gasteiger charge is -2.17. The topological polar surface area (TPSA) is 73.2 Å². The van der Waals surface area contributed by atoms with E-state index >= 15 is 0 Å². The Bertz CT molecular complexity index is 751. The normalized spacial score (nSPS) is 12.1. The molecule has 1 heterocycles. The number of hydrogen-bond donors (Lipinski definition) is 1. The molecule has 0 radical (unpaired) electrons. The number of nitrogens with zero attached hydrogens (tertiary/aromatic N) is 2. The van der Waals surface area contributed by atoms with E-state index in [2.05, 4.69) is 10.4 Å². The van der Waals surface area contributed by atoms with Crippen molar-refractivity contribution in [3.63, 3.8) is 0 Å². The standard InChI is InChI=1S/C19H25N3O3/c1-12(2)13(3)20-17(23)11-25-19(24)18-14(4)21-22(15(18)5)16-9-7-6-8-10-16/h6-10,12-13H,11H2,1-5H3,(H,20,23). The van der Waals surface area contributed by atoms with Crippen LogP contribution in [0.1, 0.15) is 42.5 Å². The van der Waals surface area contributed by atoms with E-state index in [9.17, 15) is 9.59 Å². The molecular weight excluding hydrogens is 318 g/mol. The van der Waals surface area contributed by atoms with Gasteiger partial charge in [0.25, 0.3) is 5.91 Å². The van der Waals surface area contributed by atoms with Crippen molar-refractivity contribution in [3.8, 4) is 5.69 Å². The largest absolute Gasteiger partial charge is 0.452 e. The first-order valence-corrected chi connectivity index (χ1v) is 8.39. The monoisotopic (exact) mass is 343 g/mol.